The molecule has 0 aromatic carbocycles. The summed E-state index contributed by atoms with van der Waals surface area (Å²) in [5.74, 6) is 0. The van der Waals surface area contributed by atoms with Crippen LogP contribution in [0, 0.1) is 0 Å². The number of hydrogen-bond donors (Lipinski definition) is 3. The molecule has 0 radical (unpaired) electrons. The Labute approximate surface area is 119 Å². The second-order valence-corrected chi connectivity index (χ2v) is 4.09. The summed E-state index contributed by atoms with van der Waals surface area (Å²) < 4.78 is 15.0. The normalized spacial score (nSPS) is 22.7. The average Bonchev–Trinajstić information content (AvgIpc) is 2.54. The Kier molecular flexibility index (Phi) is 16.4. The van der Waals surface area contributed by atoms with Gasteiger partial charge in [-0.2, -0.15) is 9.90 Å². The van der Waals surface area contributed by atoms with E-state index in [2.05, 4.69) is 16.0 Å². The zero-order chi connectivity index (χ0) is 12.7. The van der Waals surface area contributed by atoms with Crippen LogP contribution in [0.25, 0.3) is 0 Å². The summed E-state index contributed by atoms with van der Waals surface area (Å²) in [6.45, 7) is 11.5. The molecule has 0 spiro atoms. The molecule has 3 aliphatic heterocycles. The molecule has 3 heterocycles. The van der Waals surface area contributed by atoms with Crippen LogP contribution in [-0.4, -0.2) is 78.9 Å². The van der Waals surface area contributed by atoms with Gasteiger partial charge in [0.25, 0.3) is 0 Å². The van der Waals surface area contributed by atoms with Gasteiger partial charge in [-0.25, -0.2) is 0 Å². The van der Waals surface area contributed by atoms with Crippen molar-refractivity contribution in [1.29, 1.82) is 0 Å². The minimum Gasteiger partial charge on any atom is -0.379 e. The molecule has 3 rings (SSSR count). The summed E-state index contributed by atoms with van der Waals surface area (Å²) in [5.41, 5.74) is 0. The minimum absolute atomic E-state index is 0. The number of morpholine rings is 3. The predicted octanol–water partition coefficient (Wildman–Crippen LogP) is -1.12. The zero-order valence-corrected chi connectivity index (χ0v) is 13.3. The first-order chi connectivity index (χ1) is 9.00. The van der Waals surface area contributed by atoms with Gasteiger partial charge in [-0.05, 0) is 0 Å². The summed E-state index contributed by atoms with van der Waals surface area (Å²) in [6, 6.07) is 0. The van der Waals surface area contributed by atoms with Gasteiger partial charge in [-0.15, -0.1) is 0 Å². The first-order valence-corrected chi connectivity index (χ1v) is 6.85. The summed E-state index contributed by atoms with van der Waals surface area (Å²) >= 11 is 0. The molecule has 116 valence electrons. The third kappa shape index (κ3) is 14.4. The Morgan fingerprint density at radius 2 is 0.632 bits per heavy atom. The molecule has 3 fully saturated rings. The lowest BCUT2D eigenvalue weighted by Gasteiger charge is -2.10. The van der Waals surface area contributed by atoms with Crippen molar-refractivity contribution in [2.75, 3.05) is 78.9 Å². The largest absolute Gasteiger partial charge is 0.379 e. The van der Waals surface area contributed by atoms with E-state index >= 15 is 0 Å². The van der Waals surface area contributed by atoms with Crippen LogP contribution in [0.15, 0.2) is 0 Å². The highest BCUT2D eigenvalue weighted by Gasteiger charge is 1.94. The van der Waals surface area contributed by atoms with E-state index in [1.807, 2.05) is 0 Å². The molecule has 0 saturated carbocycles. The first-order valence-electron chi connectivity index (χ1n) is 6.85. The van der Waals surface area contributed by atoms with Gasteiger partial charge in [0, 0.05) is 39.3 Å². The Bertz CT molecular complexity index is 103. The van der Waals surface area contributed by atoms with Gasteiger partial charge in [-0.1, -0.05) is 0 Å². The highest BCUT2D eigenvalue weighted by Crippen LogP contribution is 1.77. The molecule has 3 aliphatic rings. The van der Waals surface area contributed by atoms with Crippen LogP contribution in [-0.2, 0) is 14.2 Å². The van der Waals surface area contributed by atoms with Crippen molar-refractivity contribution in [3.05, 3.63) is 0 Å². The van der Waals surface area contributed by atoms with E-state index in [-0.39, 0.29) is 9.90 Å². The molecule has 19 heavy (non-hydrogen) atoms. The van der Waals surface area contributed by atoms with Crippen LogP contribution in [0.4, 0.5) is 0 Å². The van der Waals surface area contributed by atoms with E-state index in [0.717, 1.165) is 78.9 Å². The second kappa shape index (κ2) is 16.2. The van der Waals surface area contributed by atoms with Crippen molar-refractivity contribution in [3.8, 4) is 0 Å². The maximum atomic E-state index is 5.01. The third-order valence-electron chi connectivity index (χ3n) is 2.54. The lowest BCUT2D eigenvalue weighted by Crippen LogP contribution is -2.30. The Balaban J connectivity index is 0.000000249. The molecular weight excluding hydrogens is 265 g/mol. The van der Waals surface area contributed by atoms with Gasteiger partial charge in [-0.3, -0.25) is 0 Å². The summed E-state index contributed by atoms with van der Waals surface area (Å²) in [6.07, 6.45) is 0. The SMILES string of the molecule is C1COCCN1.C1COCCN1.C1COCCN1.P. The maximum Gasteiger partial charge on any atom is 0.0591 e. The number of ether oxygens (including phenoxy) is 3. The molecule has 0 aromatic rings. The quantitative estimate of drug-likeness (QED) is 0.492. The zero-order valence-electron chi connectivity index (χ0n) is 11.9. The van der Waals surface area contributed by atoms with Crippen LogP contribution in [0.1, 0.15) is 0 Å². The molecule has 7 heteroatoms. The van der Waals surface area contributed by atoms with Crippen LogP contribution < -0.4 is 16.0 Å². The van der Waals surface area contributed by atoms with Gasteiger partial charge in [0.2, 0.25) is 0 Å². The highest BCUT2D eigenvalue weighted by atomic mass is 31.0. The molecule has 0 amide bonds. The van der Waals surface area contributed by atoms with Gasteiger partial charge < -0.3 is 30.2 Å². The van der Waals surface area contributed by atoms with Crippen LogP contribution in [0.2, 0.25) is 0 Å². The monoisotopic (exact) mass is 295 g/mol. The summed E-state index contributed by atoms with van der Waals surface area (Å²) in [4.78, 5) is 0. The van der Waals surface area contributed by atoms with Crippen LogP contribution in [0.3, 0.4) is 0 Å². The Hall–Kier alpha value is 0.190. The van der Waals surface area contributed by atoms with Gasteiger partial charge in [0.1, 0.15) is 0 Å². The number of nitrogens with one attached hydrogen (secondary N) is 3. The van der Waals surface area contributed by atoms with Crippen molar-refractivity contribution in [1.82, 2.24) is 16.0 Å². The fourth-order valence-electron chi connectivity index (χ4n) is 1.55. The number of hydrogen-bond acceptors (Lipinski definition) is 6. The van der Waals surface area contributed by atoms with Crippen molar-refractivity contribution in [2.45, 2.75) is 0 Å². The van der Waals surface area contributed by atoms with Crippen molar-refractivity contribution in [2.24, 2.45) is 0 Å². The number of rotatable bonds is 0. The molecule has 1 atom stereocenters. The lowest BCUT2D eigenvalue weighted by atomic mass is 10.5. The summed E-state index contributed by atoms with van der Waals surface area (Å²) in [7, 11) is 0. The molecule has 0 bridgehead atoms. The Morgan fingerprint density at radius 3 is 0.684 bits per heavy atom. The van der Waals surface area contributed by atoms with Gasteiger partial charge in [0.05, 0.1) is 39.6 Å². The third-order valence-corrected chi connectivity index (χ3v) is 2.54. The molecular formula is C12H30N3O3P. The predicted molar refractivity (Wildman–Crippen MR) is 82.2 cm³/mol. The fourth-order valence-corrected chi connectivity index (χ4v) is 1.55. The molecule has 1 unspecified atom stereocenters. The van der Waals surface area contributed by atoms with E-state index in [1.54, 1.807) is 0 Å². The second-order valence-electron chi connectivity index (χ2n) is 4.09. The minimum atomic E-state index is 0. The van der Waals surface area contributed by atoms with Crippen LogP contribution in [0.5, 0.6) is 0 Å². The van der Waals surface area contributed by atoms with E-state index in [4.69, 9.17) is 14.2 Å². The smallest absolute Gasteiger partial charge is 0.0591 e. The lowest BCUT2D eigenvalue weighted by molar-refractivity contribution is 0.109. The average molecular weight is 295 g/mol. The molecule has 6 nitrogen and oxygen atoms in total. The van der Waals surface area contributed by atoms with Crippen LogP contribution >= 0.6 is 9.90 Å². The summed E-state index contributed by atoms with van der Waals surface area (Å²) in [5, 5.41) is 9.48. The molecule has 0 aliphatic carbocycles. The van der Waals surface area contributed by atoms with E-state index in [0.29, 0.717) is 0 Å². The fraction of sp³-hybridized carbons (Fsp3) is 1.00. The standard InChI is InChI=1S/3C4H9NO.H3P/c3*1-3-6-4-2-5-1;/h3*5H,1-4H2;1H3. The van der Waals surface area contributed by atoms with E-state index in [9.17, 15) is 0 Å². The Morgan fingerprint density at radius 1 is 0.421 bits per heavy atom. The highest BCUT2D eigenvalue weighted by molar-refractivity contribution is 6.92. The first kappa shape index (κ1) is 19.2. The topological polar surface area (TPSA) is 63.8 Å². The molecule has 3 saturated heterocycles. The van der Waals surface area contributed by atoms with Gasteiger partial charge in [0.15, 0.2) is 0 Å². The van der Waals surface area contributed by atoms with Crippen molar-refractivity contribution in [3.63, 3.8) is 0 Å². The van der Waals surface area contributed by atoms with Crippen molar-refractivity contribution >= 4 is 9.90 Å². The van der Waals surface area contributed by atoms with Gasteiger partial charge >= 0.3 is 0 Å². The molecule has 0 aromatic heterocycles. The van der Waals surface area contributed by atoms with Crippen molar-refractivity contribution < 1.29 is 14.2 Å². The molecule has 3 N–H and O–H groups in total. The van der Waals surface area contributed by atoms with E-state index < -0.39 is 0 Å². The van der Waals surface area contributed by atoms with E-state index in [1.165, 1.54) is 0 Å². The maximum absolute atomic E-state index is 5.01.